The summed E-state index contributed by atoms with van der Waals surface area (Å²) < 4.78 is 32.8. The average Bonchev–Trinajstić information content (AvgIpc) is 3.16. The second-order valence-electron chi connectivity index (χ2n) is 6.38. The summed E-state index contributed by atoms with van der Waals surface area (Å²) in [5.41, 5.74) is 2.14. The fourth-order valence-electron chi connectivity index (χ4n) is 2.62. The molecule has 2 aromatic carbocycles. The molecule has 3 aromatic rings. The van der Waals surface area contributed by atoms with Crippen molar-refractivity contribution in [1.29, 1.82) is 0 Å². The highest BCUT2D eigenvalue weighted by molar-refractivity contribution is 7.18. The number of thiazole rings is 1. The molecule has 0 N–H and O–H groups in total. The van der Waals surface area contributed by atoms with Crippen molar-refractivity contribution in [2.45, 2.75) is 6.42 Å². The molecular formula is C22H27NO6S. The van der Waals surface area contributed by atoms with Crippen LogP contribution in [0.15, 0.2) is 42.5 Å². The summed E-state index contributed by atoms with van der Waals surface area (Å²) in [6, 6.07) is 13.9. The van der Waals surface area contributed by atoms with E-state index in [4.69, 9.17) is 33.4 Å². The summed E-state index contributed by atoms with van der Waals surface area (Å²) in [6.07, 6.45) is 0.764. The van der Waals surface area contributed by atoms with Gasteiger partial charge in [-0.05, 0) is 35.9 Å². The largest absolute Gasteiger partial charge is 0.468 e. The van der Waals surface area contributed by atoms with Gasteiger partial charge < -0.3 is 28.4 Å². The van der Waals surface area contributed by atoms with Gasteiger partial charge in [-0.25, -0.2) is 4.98 Å². The van der Waals surface area contributed by atoms with E-state index in [0.717, 1.165) is 33.1 Å². The lowest BCUT2D eigenvalue weighted by atomic mass is 10.1. The Balaban J connectivity index is 1.50. The molecule has 8 heteroatoms. The van der Waals surface area contributed by atoms with Crippen molar-refractivity contribution in [2.75, 3.05) is 54.2 Å². The molecule has 0 atom stereocenters. The highest BCUT2D eigenvalue weighted by Crippen LogP contribution is 2.28. The van der Waals surface area contributed by atoms with Gasteiger partial charge in [-0.1, -0.05) is 12.1 Å². The molecule has 30 heavy (non-hydrogen) atoms. The zero-order valence-electron chi connectivity index (χ0n) is 17.3. The lowest BCUT2D eigenvalue weighted by Gasteiger charge is -2.07. The molecule has 0 radical (unpaired) electrons. The lowest BCUT2D eigenvalue weighted by molar-refractivity contribution is -0.00855. The Bertz CT molecular complexity index is 883. The summed E-state index contributed by atoms with van der Waals surface area (Å²) in [6.45, 7) is 2.54. The summed E-state index contributed by atoms with van der Waals surface area (Å²) in [7, 11) is 3.28. The van der Waals surface area contributed by atoms with Crippen LogP contribution in [-0.4, -0.2) is 59.2 Å². The van der Waals surface area contributed by atoms with E-state index < -0.39 is 0 Å². The minimum absolute atomic E-state index is 0.201. The van der Waals surface area contributed by atoms with Gasteiger partial charge in [-0.15, -0.1) is 11.3 Å². The summed E-state index contributed by atoms with van der Waals surface area (Å²) in [5, 5.41) is 1.05. The number of benzene rings is 2. The van der Waals surface area contributed by atoms with Gasteiger partial charge in [0.05, 0.1) is 41.7 Å². The van der Waals surface area contributed by atoms with E-state index in [1.54, 1.807) is 25.6 Å². The summed E-state index contributed by atoms with van der Waals surface area (Å²) >= 11 is 1.66. The molecule has 0 unspecified atom stereocenters. The van der Waals surface area contributed by atoms with Gasteiger partial charge in [0.1, 0.15) is 11.5 Å². The highest BCUT2D eigenvalue weighted by Gasteiger charge is 2.07. The molecular weight excluding hydrogens is 406 g/mol. The molecule has 3 rings (SSSR count). The van der Waals surface area contributed by atoms with Crippen LogP contribution in [0.2, 0.25) is 0 Å². The smallest absolute Gasteiger partial charge is 0.189 e. The molecule has 0 spiro atoms. The van der Waals surface area contributed by atoms with Crippen molar-refractivity contribution < 1.29 is 28.4 Å². The predicted octanol–water partition coefficient (Wildman–Crippen LogP) is 3.89. The van der Waals surface area contributed by atoms with E-state index in [9.17, 15) is 0 Å². The van der Waals surface area contributed by atoms with Crippen LogP contribution in [0.5, 0.6) is 11.5 Å². The fourth-order valence-corrected chi connectivity index (χ4v) is 3.65. The molecule has 0 aliphatic rings. The first-order valence-corrected chi connectivity index (χ1v) is 10.5. The van der Waals surface area contributed by atoms with Crippen LogP contribution in [0.25, 0.3) is 10.2 Å². The molecule has 7 nitrogen and oxygen atoms in total. The Hall–Kier alpha value is -2.23. The van der Waals surface area contributed by atoms with E-state index in [0.29, 0.717) is 26.4 Å². The van der Waals surface area contributed by atoms with Gasteiger partial charge in [0.2, 0.25) is 0 Å². The Morgan fingerprint density at radius 3 is 2.07 bits per heavy atom. The number of aromatic nitrogens is 1. The van der Waals surface area contributed by atoms with Crippen LogP contribution in [0.3, 0.4) is 0 Å². The van der Waals surface area contributed by atoms with Crippen LogP contribution in [-0.2, 0) is 25.4 Å². The van der Waals surface area contributed by atoms with Gasteiger partial charge >= 0.3 is 0 Å². The first-order valence-electron chi connectivity index (χ1n) is 9.66. The maximum absolute atomic E-state index is 5.63. The standard InChI is InChI=1S/C22H27NO6S/c1-24-9-11-26-15-28-18-5-3-17(4-6-18)13-22-23-20-8-7-19(14-21(20)30-22)29-16-27-12-10-25-2/h3-8,14H,9-13,15-16H2,1-2H3. The number of methoxy groups -OCH3 is 2. The number of hydrogen-bond donors (Lipinski definition) is 0. The third-order valence-corrected chi connectivity index (χ3v) is 5.18. The van der Waals surface area contributed by atoms with E-state index in [-0.39, 0.29) is 13.6 Å². The van der Waals surface area contributed by atoms with Crippen LogP contribution in [0.1, 0.15) is 10.6 Å². The van der Waals surface area contributed by atoms with Gasteiger partial charge in [0, 0.05) is 20.6 Å². The van der Waals surface area contributed by atoms with Crippen molar-refractivity contribution in [3.63, 3.8) is 0 Å². The SMILES string of the molecule is COCCOCOc1ccc(Cc2nc3ccc(OCOCCOC)cc3s2)cc1. The summed E-state index contributed by atoms with van der Waals surface area (Å²) in [4.78, 5) is 4.72. The second-order valence-corrected chi connectivity index (χ2v) is 7.50. The fraction of sp³-hybridized carbons (Fsp3) is 0.409. The van der Waals surface area contributed by atoms with Crippen molar-refractivity contribution in [2.24, 2.45) is 0 Å². The maximum Gasteiger partial charge on any atom is 0.189 e. The average molecular weight is 434 g/mol. The predicted molar refractivity (Wildman–Crippen MR) is 116 cm³/mol. The maximum atomic E-state index is 5.63. The van der Waals surface area contributed by atoms with Crippen LogP contribution >= 0.6 is 11.3 Å². The number of ether oxygens (including phenoxy) is 6. The van der Waals surface area contributed by atoms with Gasteiger partial charge in [-0.2, -0.15) is 0 Å². The number of hydrogen-bond acceptors (Lipinski definition) is 8. The quantitative estimate of drug-likeness (QED) is 0.282. The first kappa shape index (κ1) is 22.5. The van der Waals surface area contributed by atoms with E-state index in [1.807, 2.05) is 42.5 Å². The van der Waals surface area contributed by atoms with E-state index in [2.05, 4.69) is 0 Å². The lowest BCUT2D eigenvalue weighted by Crippen LogP contribution is -2.07. The molecule has 0 aliphatic heterocycles. The van der Waals surface area contributed by atoms with Gasteiger partial charge in [-0.3, -0.25) is 0 Å². The first-order chi connectivity index (χ1) is 14.8. The zero-order valence-corrected chi connectivity index (χ0v) is 18.1. The molecule has 0 saturated heterocycles. The third-order valence-electron chi connectivity index (χ3n) is 4.16. The molecule has 0 aliphatic carbocycles. The Labute approximate surface area is 180 Å². The number of fused-ring (bicyclic) bond motifs is 1. The third kappa shape index (κ3) is 7.23. The minimum atomic E-state index is 0.201. The molecule has 0 bridgehead atoms. The minimum Gasteiger partial charge on any atom is -0.468 e. The van der Waals surface area contributed by atoms with Crippen LogP contribution in [0, 0.1) is 0 Å². The summed E-state index contributed by atoms with van der Waals surface area (Å²) in [5.74, 6) is 1.54. The molecule has 0 fully saturated rings. The topological polar surface area (TPSA) is 68.3 Å². The van der Waals surface area contributed by atoms with E-state index in [1.165, 1.54) is 5.56 Å². The van der Waals surface area contributed by atoms with Gasteiger partial charge in [0.15, 0.2) is 13.6 Å². The Kier molecular flexibility index (Phi) is 9.33. The van der Waals surface area contributed by atoms with Crippen molar-refractivity contribution in [1.82, 2.24) is 4.98 Å². The molecule has 0 amide bonds. The normalized spacial score (nSPS) is 11.1. The molecule has 1 heterocycles. The van der Waals surface area contributed by atoms with Gasteiger partial charge in [0.25, 0.3) is 0 Å². The van der Waals surface area contributed by atoms with Crippen molar-refractivity contribution >= 4 is 21.6 Å². The zero-order chi connectivity index (χ0) is 21.0. The number of nitrogens with zero attached hydrogens (tertiary/aromatic N) is 1. The molecule has 0 saturated carbocycles. The molecule has 162 valence electrons. The monoisotopic (exact) mass is 433 g/mol. The number of rotatable bonds is 14. The highest BCUT2D eigenvalue weighted by atomic mass is 32.1. The Morgan fingerprint density at radius 2 is 1.40 bits per heavy atom. The second kappa shape index (κ2) is 12.5. The Morgan fingerprint density at radius 1 is 0.767 bits per heavy atom. The van der Waals surface area contributed by atoms with Crippen LogP contribution < -0.4 is 9.47 Å². The van der Waals surface area contributed by atoms with Crippen molar-refractivity contribution in [3.05, 3.63) is 53.0 Å². The molecule has 1 aromatic heterocycles. The van der Waals surface area contributed by atoms with Crippen LogP contribution in [0.4, 0.5) is 0 Å². The van der Waals surface area contributed by atoms with Crippen molar-refractivity contribution in [3.8, 4) is 11.5 Å². The van der Waals surface area contributed by atoms with E-state index >= 15 is 0 Å².